The molecule has 1 aromatic carbocycles. The van der Waals surface area contributed by atoms with E-state index in [9.17, 15) is 0 Å². The molecular formula is C18H21N2P. The third-order valence-electron chi connectivity index (χ3n) is 4.02. The minimum Gasteiger partial charge on any atom is -0.346 e. The van der Waals surface area contributed by atoms with Crippen molar-refractivity contribution in [1.82, 2.24) is 9.97 Å². The molecule has 0 aliphatic carbocycles. The summed E-state index contributed by atoms with van der Waals surface area (Å²) in [5.74, 6) is 0. The third kappa shape index (κ3) is 2.61. The van der Waals surface area contributed by atoms with Crippen LogP contribution < -0.4 is 5.30 Å². The quantitative estimate of drug-likeness (QED) is 0.710. The highest BCUT2D eigenvalue weighted by Crippen LogP contribution is 2.30. The molecule has 108 valence electrons. The zero-order valence-electron chi connectivity index (χ0n) is 13.1. The minimum atomic E-state index is -0.0842. The van der Waals surface area contributed by atoms with E-state index in [4.69, 9.17) is 0 Å². The Morgan fingerprint density at radius 3 is 2.67 bits per heavy atom. The second-order valence-electron chi connectivity index (χ2n) is 5.68. The molecule has 0 radical (unpaired) electrons. The number of hydrogen-bond acceptors (Lipinski definition) is 1. The summed E-state index contributed by atoms with van der Waals surface area (Å²) in [6.07, 6.45) is 5.07. The van der Waals surface area contributed by atoms with Crippen LogP contribution in [-0.4, -0.2) is 23.3 Å². The van der Waals surface area contributed by atoms with Crippen molar-refractivity contribution < 1.29 is 0 Å². The maximum atomic E-state index is 4.57. The molecule has 2 aromatic heterocycles. The van der Waals surface area contributed by atoms with E-state index < -0.39 is 0 Å². The second-order valence-corrected chi connectivity index (χ2v) is 7.95. The highest BCUT2D eigenvalue weighted by Gasteiger charge is 2.09. The summed E-state index contributed by atoms with van der Waals surface area (Å²) in [5.41, 5.74) is 6.18. The van der Waals surface area contributed by atoms with E-state index in [1.54, 1.807) is 0 Å². The van der Waals surface area contributed by atoms with Gasteiger partial charge in [0.2, 0.25) is 0 Å². The van der Waals surface area contributed by atoms with E-state index in [0.29, 0.717) is 0 Å². The number of nitrogens with zero attached hydrogens (tertiary/aromatic N) is 1. The molecule has 1 N–H and O–H groups in total. The zero-order valence-corrected chi connectivity index (χ0v) is 14.0. The first kappa shape index (κ1) is 14.3. The standard InChI is InChI=1S/C18H21N2P/c1-5-13-10-19-18-16(13)8-15(11-20-18)14-7-6-12(2)17(9-14)21(3)4/h6-11H,5H2,1-4H3,(H,19,20). The van der Waals surface area contributed by atoms with Crippen molar-refractivity contribution >= 4 is 24.3 Å². The predicted octanol–water partition coefficient (Wildman–Crippen LogP) is 4.47. The first-order chi connectivity index (χ1) is 10.1. The van der Waals surface area contributed by atoms with Crippen molar-refractivity contribution in [2.24, 2.45) is 0 Å². The van der Waals surface area contributed by atoms with Crippen LogP contribution in [0, 0.1) is 6.92 Å². The van der Waals surface area contributed by atoms with E-state index in [-0.39, 0.29) is 7.92 Å². The van der Waals surface area contributed by atoms with Gasteiger partial charge in [-0.15, -0.1) is 0 Å². The Morgan fingerprint density at radius 2 is 1.95 bits per heavy atom. The first-order valence-corrected chi connectivity index (χ1v) is 9.58. The fraction of sp³-hybridized carbons (Fsp3) is 0.278. The maximum absolute atomic E-state index is 4.57. The average molecular weight is 296 g/mol. The van der Waals surface area contributed by atoms with Gasteiger partial charge in [0.15, 0.2) is 0 Å². The summed E-state index contributed by atoms with van der Waals surface area (Å²) >= 11 is 0. The smallest absolute Gasteiger partial charge is 0.137 e. The highest BCUT2D eigenvalue weighted by atomic mass is 31.1. The number of H-pyrrole nitrogens is 1. The molecule has 0 bridgehead atoms. The van der Waals surface area contributed by atoms with Crippen molar-refractivity contribution in [3.05, 3.63) is 47.8 Å². The van der Waals surface area contributed by atoms with Crippen LogP contribution in [0.2, 0.25) is 0 Å². The van der Waals surface area contributed by atoms with Gasteiger partial charge in [-0.1, -0.05) is 27.0 Å². The lowest BCUT2D eigenvalue weighted by Gasteiger charge is -2.12. The summed E-state index contributed by atoms with van der Waals surface area (Å²) in [6.45, 7) is 9.00. The molecule has 2 nitrogen and oxygen atoms in total. The number of rotatable bonds is 3. The Labute approximate surface area is 127 Å². The topological polar surface area (TPSA) is 28.7 Å². The average Bonchev–Trinajstić information content (AvgIpc) is 2.89. The Morgan fingerprint density at radius 1 is 1.14 bits per heavy atom. The van der Waals surface area contributed by atoms with Crippen LogP contribution in [0.15, 0.2) is 36.7 Å². The Hall–Kier alpha value is -1.66. The lowest BCUT2D eigenvalue weighted by Crippen LogP contribution is -2.04. The van der Waals surface area contributed by atoms with Crippen molar-refractivity contribution in [2.75, 3.05) is 13.3 Å². The lowest BCUT2D eigenvalue weighted by atomic mass is 10.0. The third-order valence-corrected chi connectivity index (χ3v) is 5.47. The van der Waals surface area contributed by atoms with Gasteiger partial charge in [0, 0.05) is 23.3 Å². The molecule has 0 saturated heterocycles. The molecule has 0 aliphatic rings. The van der Waals surface area contributed by atoms with Crippen molar-refractivity contribution in [2.45, 2.75) is 20.3 Å². The number of pyridine rings is 1. The Kier molecular flexibility index (Phi) is 3.82. The number of aryl methyl sites for hydroxylation is 2. The van der Waals surface area contributed by atoms with Crippen LogP contribution in [0.3, 0.4) is 0 Å². The molecule has 0 atom stereocenters. The van der Waals surface area contributed by atoms with Crippen molar-refractivity contribution in [3.63, 3.8) is 0 Å². The van der Waals surface area contributed by atoms with Crippen LogP contribution in [0.25, 0.3) is 22.2 Å². The van der Waals surface area contributed by atoms with Crippen LogP contribution >= 0.6 is 7.92 Å². The van der Waals surface area contributed by atoms with Crippen molar-refractivity contribution in [3.8, 4) is 11.1 Å². The summed E-state index contributed by atoms with van der Waals surface area (Å²) in [5, 5.41) is 2.72. The molecule has 3 aromatic rings. The normalized spacial score (nSPS) is 11.5. The molecule has 3 heteroatoms. The summed E-state index contributed by atoms with van der Waals surface area (Å²) in [4.78, 5) is 7.82. The molecule has 0 aliphatic heterocycles. The number of nitrogens with one attached hydrogen (secondary N) is 1. The monoisotopic (exact) mass is 296 g/mol. The van der Waals surface area contributed by atoms with Crippen molar-refractivity contribution in [1.29, 1.82) is 0 Å². The summed E-state index contributed by atoms with van der Waals surface area (Å²) in [6, 6.07) is 9.04. The number of benzene rings is 1. The van der Waals surface area contributed by atoms with Gasteiger partial charge < -0.3 is 4.98 Å². The van der Waals surface area contributed by atoms with E-state index in [1.165, 1.54) is 32.9 Å². The van der Waals surface area contributed by atoms with E-state index >= 15 is 0 Å². The second kappa shape index (κ2) is 5.61. The molecular weight excluding hydrogens is 275 g/mol. The number of aromatic amines is 1. The van der Waals surface area contributed by atoms with Crippen LogP contribution in [0.4, 0.5) is 0 Å². The molecule has 2 heterocycles. The van der Waals surface area contributed by atoms with Crippen LogP contribution in [-0.2, 0) is 6.42 Å². The minimum absolute atomic E-state index is 0.0842. The van der Waals surface area contributed by atoms with Crippen LogP contribution in [0.1, 0.15) is 18.1 Å². The molecule has 0 unspecified atom stereocenters. The fourth-order valence-corrected chi connectivity index (χ4v) is 3.96. The first-order valence-electron chi connectivity index (χ1n) is 7.34. The SMILES string of the molecule is CCc1c[nH]c2ncc(-c3ccc(C)c(P(C)C)c3)cc12. The van der Waals surface area contributed by atoms with Gasteiger partial charge in [-0.05, 0) is 60.8 Å². The molecule has 0 spiro atoms. The maximum Gasteiger partial charge on any atom is 0.137 e. The van der Waals surface area contributed by atoms with Gasteiger partial charge in [0.1, 0.15) is 5.65 Å². The van der Waals surface area contributed by atoms with E-state index in [2.05, 4.69) is 67.6 Å². The highest BCUT2D eigenvalue weighted by molar-refractivity contribution is 7.64. The number of fused-ring (bicyclic) bond motifs is 1. The van der Waals surface area contributed by atoms with E-state index in [1.807, 2.05) is 6.20 Å². The number of aromatic nitrogens is 2. The zero-order chi connectivity index (χ0) is 15.0. The lowest BCUT2D eigenvalue weighted by molar-refractivity contribution is 1.15. The van der Waals surface area contributed by atoms with E-state index in [0.717, 1.165) is 12.1 Å². The Balaban J connectivity index is 2.13. The van der Waals surface area contributed by atoms with Gasteiger partial charge >= 0.3 is 0 Å². The Bertz CT molecular complexity index is 787. The molecule has 3 rings (SSSR count). The molecule has 0 fully saturated rings. The molecule has 0 amide bonds. The summed E-state index contributed by atoms with van der Waals surface area (Å²) < 4.78 is 0. The van der Waals surface area contributed by atoms with Gasteiger partial charge in [-0.2, -0.15) is 0 Å². The van der Waals surface area contributed by atoms with Gasteiger partial charge in [-0.3, -0.25) is 0 Å². The predicted molar refractivity (Wildman–Crippen MR) is 94.0 cm³/mol. The fourth-order valence-electron chi connectivity index (χ4n) is 2.78. The van der Waals surface area contributed by atoms with Crippen LogP contribution in [0.5, 0.6) is 0 Å². The number of hydrogen-bond donors (Lipinski definition) is 1. The largest absolute Gasteiger partial charge is 0.346 e. The van der Waals surface area contributed by atoms with Gasteiger partial charge in [0.25, 0.3) is 0 Å². The molecule has 0 saturated carbocycles. The van der Waals surface area contributed by atoms with Gasteiger partial charge in [-0.25, -0.2) is 4.98 Å². The van der Waals surface area contributed by atoms with Gasteiger partial charge in [0.05, 0.1) is 0 Å². The molecule has 21 heavy (non-hydrogen) atoms. The summed E-state index contributed by atoms with van der Waals surface area (Å²) in [7, 11) is -0.0842.